The Morgan fingerprint density at radius 3 is 2.46 bits per heavy atom. The number of halogens is 3. The summed E-state index contributed by atoms with van der Waals surface area (Å²) >= 11 is 0. The molecular weight excluding hydrogens is 377 g/mol. The molecule has 1 aromatic carbocycles. The zero-order chi connectivity index (χ0) is 20.5. The fraction of sp³-hybridized carbons (Fsp3) is 0.167. The summed E-state index contributed by atoms with van der Waals surface area (Å²) in [4.78, 5) is 28.9. The second-order valence-corrected chi connectivity index (χ2v) is 5.70. The van der Waals surface area contributed by atoms with E-state index in [1.54, 1.807) is 30.3 Å². The van der Waals surface area contributed by atoms with Gasteiger partial charge in [-0.05, 0) is 24.3 Å². The van der Waals surface area contributed by atoms with Crippen LogP contribution in [-0.2, 0) is 17.5 Å². The van der Waals surface area contributed by atoms with Gasteiger partial charge in [0.25, 0.3) is 0 Å². The van der Waals surface area contributed by atoms with Gasteiger partial charge in [-0.1, -0.05) is 18.2 Å². The number of ether oxygens (including phenoxy) is 1. The molecule has 0 atom stereocenters. The van der Waals surface area contributed by atoms with Gasteiger partial charge in [0.15, 0.2) is 5.43 Å². The molecule has 0 aliphatic carbocycles. The first-order valence-electron chi connectivity index (χ1n) is 7.92. The van der Waals surface area contributed by atoms with E-state index in [0.29, 0.717) is 11.8 Å². The molecule has 10 heteroatoms. The Morgan fingerprint density at radius 1 is 1.21 bits per heavy atom. The molecule has 0 unspecified atom stereocenters. The summed E-state index contributed by atoms with van der Waals surface area (Å²) in [6.45, 7) is -0.437. The van der Waals surface area contributed by atoms with Gasteiger partial charge < -0.3 is 4.74 Å². The molecule has 0 aliphatic heterocycles. The topological polar surface area (TPSA) is 97.4 Å². The minimum absolute atomic E-state index is 0.136. The SMILES string of the molecule is COC(=O)c1c(CN=N)c(=O)c2ccc(C(F)(F)F)nc2n1-c1ccccc1. The summed E-state index contributed by atoms with van der Waals surface area (Å²) in [6.07, 6.45) is -4.74. The van der Waals surface area contributed by atoms with Crippen LogP contribution in [0, 0.1) is 5.53 Å². The van der Waals surface area contributed by atoms with Crippen LogP contribution in [0.1, 0.15) is 21.7 Å². The zero-order valence-corrected chi connectivity index (χ0v) is 14.4. The molecular formula is C18H13F3N4O3. The lowest BCUT2D eigenvalue weighted by Crippen LogP contribution is -2.25. The molecule has 0 saturated carbocycles. The first-order valence-corrected chi connectivity index (χ1v) is 7.92. The van der Waals surface area contributed by atoms with Crippen molar-refractivity contribution in [1.82, 2.24) is 9.55 Å². The summed E-state index contributed by atoms with van der Waals surface area (Å²) in [5.74, 6) is -0.958. The van der Waals surface area contributed by atoms with Crippen LogP contribution in [0.15, 0.2) is 52.4 Å². The van der Waals surface area contributed by atoms with E-state index in [0.717, 1.165) is 17.7 Å². The maximum Gasteiger partial charge on any atom is 0.433 e. The van der Waals surface area contributed by atoms with Crippen LogP contribution in [0.4, 0.5) is 13.2 Å². The van der Waals surface area contributed by atoms with Crippen LogP contribution in [0.25, 0.3) is 16.7 Å². The fourth-order valence-electron chi connectivity index (χ4n) is 2.83. The Morgan fingerprint density at radius 2 is 1.89 bits per heavy atom. The Balaban J connectivity index is 2.57. The maximum atomic E-state index is 13.2. The van der Waals surface area contributed by atoms with Gasteiger partial charge in [0.05, 0.1) is 24.6 Å². The van der Waals surface area contributed by atoms with E-state index in [1.807, 2.05) is 0 Å². The van der Waals surface area contributed by atoms with E-state index in [2.05, 4.69) is 10.1 Å². The molecule has 7 nitrogen and oxygen atoms in total. The molecule has 0 spiro atoms. The molecule has 28 heavy (non-hydrogen) atoms. The second-order valence-electron chi connectivity index (χ2n) is 5.70. The molecule has 1 N–H and O–H groups in total. The Kier molecular flexibility index (Phi) is 4.95. The first kappa shape index (κ1) is 19.2. The van der Waals surface area contributed by atoms with Crippen LogP contribution in [0.3, 0.4) is 0 Å². The lowest BCUT2D eigenvalue weighted by Gasteiger charge is -2.18. The Labute approximate surface area is 155 Å². The Bertz CT molecular complexity index is 1120. The molecule has 144 valence electrons. The zero-order valence-electron chi connectivity index (χ0n) is 14.4. The van der Waals surface area contributed by atoms with Gasteiger partial charge in [0.1, 0.15) is 17.0 Å². The van der Waals surface area contributed by atoms with Gasteiger partial charge in [-0.15, -0.1) is 0 Å². The molecule has 0 amide bonds. The number of carbonyl (C=O) groups is 1. The lowest BCUT2D eigenvalue weighted by atomic mass is 10.1. The van der Waals surface area contributed by atoms with Gasteiger partial charge in [0.2, 0.25) is 0 Å². The molecule has 0 aliphatic rings. The normalized spacial score (nSPS) is 11.4. The minimum atomic E-state index is -4.74. The number of pyridine rings is 2. The average molecular weight is 390 g/mol. The van der Waals surface area contributed by atoms with Gasteiger partial charge in [-0.3, -0.25) is 9.36 Å². The number of fused-ring (bicyclic) bond motifs is 1. The van der Waals surface area contributed by atoms with E-state index in [1.165, 1.54) is 0 Å². The number of hydrogen-bond acceptors (Lipinski definition) is 6. The molecule has 0 fully saturated rings. The third-order valence-electron chi connectivity index (χ3n) is 4.04. The van der Waals surface area contributed by atoms with E-state index < -0.39 is 29.8 Å². The first-order chi connectivity index (χ1) is 13.3. The van der Waals surface area contributed by atoms with Crippen LogP contribution in [0.5, 0.6) is 0 Å². The quantitative estimate of drug-likeness (QED) is 0.542. The number of nitrogens with zero attached hydrogens (tertiary/aromatic N) is 3. The highest BCUT2D eigenvalue weighted by molar-refractivity contribution is 5.94. The third-order valence-corrected chi connectivity index (χ3v) is 4.04. The number of nitrogens with one attached hydrogen (secondary N) is 1. The van der Waals surface area contributed by atoms with Crippen LogP contribution in [-0.4, -0.2) is 22.6 Å². The molecule has 3 rings (SSSR count). The number of rotatable bonds is 4. The molecule has 3 aromatic rings. The van der Waals surface area contributed by atoms with Crippen molar-refractivity contribution < 1.29 is 22.7 Å². The van der Waals surface area contributed by atoms with E-state index in [-0.39, 0.29) is 22.3 Å². The smallest absolute Gasteiger partial charge is 0.433 e. The number of hydrogen-bond donors (Lipinski definition) is 1. The lowest BCUT2D eigenvalue weighted by molar-refractivity contribution is -0.141. The van der Waals surface area contributed by atoms with Crippen molar-refractivity contribution in [1.29, 1.82) is 5.53 Å². The predicted octanol–water partition coefficient (Wildman–Crippen LogP) is 3.72. The second kappa shape index (κ2) is 7.22. The van der Waals surface area contributed by atoms with E-state index in [9.17, 15) is 22.8 Å². The molecule has 0 radical (unpaired) electrons. The summed E-state index contributed by atoms with van der Waals surface area (Å²) in [5, 5.41) is 3.04. The van der Waals surface area contributed by atoms with Gasteiger partial charge in [-0.25, -0.2) is 15.3 Å². The van der Waals surface area contributed by atoms with Crippen LogP contribution in [0.2, 0.25) is 0 Å². The van der Waals surface area contributed by atoms with Crippen molar-refractivity contribution in [3.05, 3.63) is 69.6 Å². The van der Waals surface area contributed by atoms with Crippen molar-refractivity contribution in [2.45, 2.75) is 12.7 Å². The number of methoxy groups -OCH3 is 1. The summed E-state index contributed by atoms with van der Waals surface area (Å²) in [5.41, 5.74) is 4.60. The van der Waals surface area contributed by atoms with E-state index in [4.69, 9.17) is 10.3 Å². The molecule has 2 heterocycles. The van der Waals surface area contributed by atoms with Crippen LogP contribution >= 0.6 is 0 Å². The number of para-hydroxylation sites is 1. The molecule has 0 saturated heterocycles. The highest BCUT2D eigenvalue weighted by Crippen LogP contribution is 2.30. The summed E-state index contributed by atoms with van der Waals surface area (Å²) in [6, 6.07) is 9.69. The van der Waals surface area contributed by atoms with E-state index >= 15 is 0 Å². The predicted molar refractivity (Wildman–Crippen MR) is 92.5 cm³/mol. The highest BCUT2D eigenvalue weighted by atomic mass is 19.4. The summed E-state index contributed by atoms with van der Waals surface area (Å²) < 4.78 is 45.4. The van der Waals surface area contributed by atoms with Crippen molar-refractivity contribution in [2.75, 3.05) is 7.11 Å². The molecule has 2 aromatic heterocycles. The van der Waals surface area contributed by atoms with Crippen LogP contribution < -0.4 is 5.43 Å². The fourth-order valence-corrected chi connectivity index (χ4v) is 2.83. The summed E-state index contributed by atoms with van der Waals surface area (Å²) in [7, 11) is 1.08. The minimum Gasteiger partial charge on any atom is -0.464 e. The number of alkyl halides is 3. The van der Waals surface area contributed by atoms with Gasteiger partial charge in [-0.2, -0.15) is 18.3 Å². The third kappa shape index (κ3) is 3.24. The average Bonchev–Trinajstić information content (AvgIpc) is 2.68. The number of aromatic nitrogens is 2. The van der Waals surface area contributed by atoms with Gasteiger partial charge >= 0.3 is 12.1 Å². The van der Waals surface area contributed by atoms with Crippen molar-refractivity contribution in [3.63, 3.8) is 0 Å². The van der Waals surface area contributed by atoms with Crippen molar-refractivity contribution >= 4 is 17.0 Å². The Hall–Kier alpha value is -3.56. The van der Waals surface area contributed by atoms with Crippen molar-refractivity contribution in [2.24, 2.45) is 5.11 Å². The number of benzene rings is 1. The standard InChI is InChI=1S/C18H13F3N4O3/c1-28-17(27)14-12(9-23-22)15(26)11-7-8-13(18(19,20)21)24-16(11)25(14)10-5-3-2-4-6-10/h2-8,22H,9H2,1H3. The largest absolute Gasteiger partial charge is 0.464 e. The maximum absolute atomic E-state index is 13.2. The van der Waals surface area contributed by atoms with Gasteiger partial charge in [0, 0.05) is 5.69 Å². The van der Waals surface area contributed by atoms with Crippen molar-refractivity contribution in [3.8, 4) is 5.69 Å². The highest BCUT2D eigenvalue weighted by Gasteiger charge is 2.34. The number of carbonyl (C=O) groups excluding carboxylic acids is 1. The molecule has 0 bridgehead atoms. The number of esters is 1. The monoisotopic (exact) mass is 390 g/mol.